The standard InChI is InChI=1S/C19H13N3O4S/c23-13-3-1-11(2-4-13)15-14(16(24)12-5-7-20-8-6-12)17(25)18(26)22(15)19-21-9-10-27-19/h1-10,15,23-24H/b16-14+. The molecule has 1 atom stereocenters. The highest BCUT2D eigenvalue weighted by atomic mass is 32.1. The Morgan fingerprint density at radius 2 is 1.74 bits per heavy atom. The van der Waals surface area contributed by atoms with Crippen LogP contribution in [0.15, 0.2) is 65.9 Å². The van der Waals surface area contributed by atoms with Crippen LogP contribution in [0.4, 0.5) is 5.13 Å². The van der Waals surface area contributed by atoms with Gasteiger partial charge in [0.1, 0.15) is 11.5 Å². The number of anilines is 1. The zero-order valence-electron chi connectivity index (χ0n) is 13.8. The first kappa shape index (κ1) is 16.9. The lowest BCUT2D eigenvalue weighted by molar-refractivity contribution is -0.132. The van der Waals surface area contributed by atoms with Crippen LogP contribution in [0.5, 0.6) is 5.75 Å². The molecule has 1 aliphatic rings. The highest BCUT2D eigenvalue weighted by Gasteiger charge is 2.47. The molecule has 3 aromatic rings. The SMILES string of the molecule is O=C1C(=O)N(c2nccs2)C(c2ccc(O)cc2)/C1=C(\O)c1ccncc1. The highest BCUT2D eigenvalue weighted by molar-refractivity contribution is 7.14. The van der Waals surface area contributed by atoms with Crippen LogP contribution in [-0.4, -0.2) is 31.9 Å². The molecule has 1 amide bonds. The first-order valence-corrected chi connectivity index (χ1v) is 8.85. The predicted octanol–water partition coefficient (Wildman–Crippen LogP) is 2.87. The van der Waals surface area contributed by atoms with Crippen LogP contribution in [-0.2, 0) is 9.59 Å². The Morgan fingerprint density at radius 3 is 2.37 bits per heavy atom. The van der Waals surface area contributed by atoms with Gasteiger partial charge in [0, 0.05) is 29.5 Å². The molecule has 0 bridgehead atoms. The minimum atomic E-state index is -0.857. The van der Waals surface area contributed by atoms with E-state index >= 15 is 0 Å². The molecule has 3 heterocycles. The molecule has 1 aliphatic heterocycles. The molecule has 1 unspecified atom stereocenters. The van der Waals surface area contributed by atoms with Gasteiger partial charge in [0.15, 0.2) is 5.13 Å². The molecule has 1 saturated heterocycles. The smallest absolute Gasteiger partial charge is 0.301 e. The van der Waals surface area contributed by atoms with E-state index in [4.69, 9.17) is 0 Å². The number of carbonyl (C=O) groups excluding carboxylic acids is 2. The van der Waals surface area contributed by atoms with Crippen molar-refractivity contribution < 1.29 is 19.8 Å². The third-order valence-electron chi connectivity index (χ3n) is 4.23. The molecule has 2 aromatic heterocycles. The summed E-state index contributed by atoms with van der Waals surface area (Å²) in [5.41, 5.74) is 0.913. The fraction of sp³-hybridized carbons (Fsp3) is 0.0526. The third kappa shape index (κ3) is 2.85. The summed E-state index contributed by atoms with van der Waals surface area (Å²) in [5, 5.41) is 22.4. The number of aliphatic hydroxyl groups is 1. The van der Waals surface area contributed by atoms with Crippen LogP contribution >= 0.6 is 11.3 Å². The number of rotatable bonds is 3. The molecule has 8 heteroatoms. The van der Waals surface area contributed by atoms with Crippen LogP contribution in [0.2, 0.25) is 0 Å². The van der Waals surface area contributed by atoms with Crippen molar-refractivity contribution >= 4 is 33.9 Å². The zero-order chi connectivity index (χ0) is 19.0. The minimum absolute atomic E-state index is 0.0351. The molecular formula is C19H13N3O4S. The highest BCUT2D eigenvalue weighted by Crippen LogP contribution is 2.42. The van der Waals surface area contributed by atoms with Gasteiger partial charge in [0.05, 0.1) is 11.6 Å². The van der Waals surface area contributed by atoms with Crippen LogP contribution in [0.1, 0.15) is 17.2 Å². The summed E-state index contributed by atoms with van der Waals surface area (Å²) >= 11 is 1.22. The summed E-state index contributed by atoms with van der Waals surface area (Å²) in [6, 6.07) is 8.39. The van der Waals surface area contributed by atoms with Gasteiger partial charge in [-0.2, -0.15) is 0 Å². The average Bonchev–Trinajstić information content (AvgIpc) is 3.30. The molecule has 0 spiro atoms. The van der Waals surface area contributed by atoms with Crippen molar-refractivity contribution in [1.82, 2.24) is 9.97 Å². The van der Waals surface area contributed by atoms with Crippen LogP contribution in [0, 0.1) is 0 Å². The van der Waals surface area contributed by atoms with Crippen molar-refractivity contribution in [3.8, 4) is 5.75 Å². The fourth-order valence-corrected chi connectivity index (χ4v) is 3.67. The molecule has 2 N–H and O–H groups in total. The van der Waals surface area contributed by atoms with Gasteiger partial charge in [0.25, 0.3) is 5.78 Å². The largest absolute Gasteiger partial charge is 0.508 e. The number of Topliss-reactive ketones (excluding diaryl/α,β-unsaturated/α-hetero) is 1. The summed E-state index contributed by atoms with van der Waals surface area (Å²) in [5.74, 6) is -1.79. The van der Waals surface area contributed by atoms with Gasteiger partial charge in [-0.05, 0) is 29.8 Å². The Bertz CT molecular complexity index is 1030. The van der Waals surface area contributed by atoms with E-state index < -0.39 is 17.7 Å². The average molecular weight is 379 g/mol. The Balaban J connectivity index is 1.94. The summed E-state index contributed by atoms with van der Waals surface area (Å²) < 4.78 is 0. The molecule has 0 saturated carbocycles. The number of phenolic OH excluding ortho intramolecular Hbond substituents is 1. The summed E-state index contributed by atoms with van der Waals surface area (Å²) in [6.45, 7) is 0. The van der Waals surface area contributed by atoms with Crippen molar-refractivity contribution in [2.75, 3.05) is 4.90 Å². The minimum Gasteiger partial charge on any atom is -0.508 e. The van der Waals surface area contributed by atoms with Crippen molar-refractivity contribution in [2.24, 2.45) is 0 Å². The number of ketones is 1. The number of hydrogen-bond acceptors (Lipinski definition) is 7. The summed E-state index contributed by atoms with van der Waals surface area (Å²) in [6.07, 6.45) is 4.51. The number of thiazole rings is 1. The molecule has 7 nitrogen and oxygen atoms in total. The molecule has 0 aliphatic carbocycles. The number of benzene rings is 1. The number of carbonyl (C=O) groups is 2. The number of aromatic nitrogens is 2. The third-order valence-corrected chi connectivity index (χ3v) is 5.00. The number of aromatic hydroxyl groups is 1. The molecular weight excluding hydrogens is 366 g/mol. The van der Waals surface area contributed by atoms with E-state index in [1.54, 1.807) is 29.6 Å². The van der Waals surface area contributed by atoms with E-state index in [9.17, 15) is 19.8 Å². The second-order valence-electron chi connectivity index (χ2n) is 5.81. The van der Waals surface area contributed by atoms with Gasteiger partial charge < -0.3 is 10.2 Å². The monoisotopic (exact) mass is 379 g/mol. The second kappa shape index (κ2) is 6.65. The molecule has 1 aromatic carbocycles. The van der Waals surface area contributed by atoms with Gasteiger partial charge in [0.2, 0.25) is 0 Å². The Morgan fingerprint density at radius 1 is 1.04 bits per heavy atom. The van der Waals surface area contributed by atoms with E-state index in [0.29, 0.717) is 16.3 Å². The van der Waals surface area contributed by atoms with Gasteiger partial charge in [-0.15, -0.1) is 11.3 Å². The van der Waals surface area contributed by atoms with Gasteiger partial charge in [-0.3, -0.25) is 19.5 Å². The van der Waals surface area contributed by atoms with E-state index in [2.05, 4.69) is 9.97 Å². The fourth-order valence-electron chi connectivity index (χ4n) is 3.00. The van der Waals surface area contributed by atoms with Crippen molar-refractivity contribution in [1.29, 1.82) is 0 Å². The molecule has 27 heavy (non-hydrogen) atoms. The molecule has 0 radical (unpaired) electrons. The molecule has 134 valence electrons. The van der Waals surface area contributed by atoms with Gasteiger partial charge in [-0.1, -0.05) is 12.1 Å². The van der Waals surface area contributed by atoms with Gasteiger partial charge in [-0.25, -0.2) is 4.98 Å². The lowest BCUT2D eigenvalue weighted by Crippen LogP contribution is -2.29. The number of pyridine rings is 1. The van der Waals surface area contributed by atoms with E-state index in [-0.39, 0.29) is 17.1 Å². The number of phenols is 1. The molecule has 1 fully saturated rings. The number of hydrogen-bond donors (Lipinski definition) is 2. The maximum Gasteiger partial charge on any atom is 0.301 e. The van der Waals surface area contributed by atoms with Crippen molar-refractivity contribution in [3.63, 3.8) is 0 Å². The van der Waals surface area contributed by atoms with E-state index in [0.717, 1.165) is 0 Å². The lowest BCUT2D eigenvalue weighted by Gasteiger charge is -2.22. The topological polar surface area (TPSA) is 104 Å². The summed E-state index contributed by atoms with van der Waals surface area (Å²) in [4.78, 5) is 34.8. The maximum atomic E-state index is 12.8. The van der Waals surface area contributed by atoms with Crippen LogP contribution in [0.3, 0.4) is 0 Å². The van der Waals surface area contributed by atoms with Crippen LogP contribution in [0.25, 0.3) is 5.76 Å². The first-order valence-electron chi connectivity index (χ1n) is 7.97. The Labute approximate surface area is 157 Å². The normalized spacial score (nSPS) is 18.8. The first-order chi connectivity index (χ1) is 13.1. The Hall–Kier alpha value is -3.52. The quantitative estimate of drug-likeness (QED) is 0.412. The second-order valence-corrected chi connectivity index (χ2v) is 6.68. The van der Waals surface area contributed by atoms with E-state index in [1.807, 2.05) is 0 Å². The van der Waals surface area contributed by atoms with Crippen molar-refractivity contribution in [2.45, 2.75) is 6.04 Å². The number of amides is 1. The lowest BCUT2D eigenvalue weighted by atomic mass is 9.95. The predicted molar refractivity (Wildman–Crippen MR) is 99.2 cm³/mol. The van der Waals surface area contributed by atoms with Crippen molar-refractivity contribution in [3.05, 3.63) is 77.1 Å². The summed E-state index contributed by atoms with van der Waals surface area (Å²) in [7, 11) is 0. The number of aliphatic hydroxyl groups excluding tert-OH is 1. The van der Waals surface area contributed by atoms with Gasteiger partial charge >= 0.3 is 5.91 Å². The number of nitrogens with zero attached hydrogens (tertiary/aromatic N) is 3. The Kier molecular flexibility index (Phi) is 4.17. The van der Waals surface area contributed by atoms with E-state index in [1.165, 1.54) is 47.0 Å². The molecule has 4 rings (SSSR count). The van der Waals surface area contributed by atoms with Crippen LogP contribution < -0.4 is 4.90 Å². The zero-order valence-corrected chi connectivity index (χ0v) is 14.6. The maximum absolute atomic E-state index is 12.8.